The molecular formula is C21H49NO6Si2-2. The van der Waals surface area contributed by atoms with Gasteiger partial charge in [-0.05, 0) is 0 Å². The van der Waals surface area contributed by atoms with E-state index in [0.29, 0.717) is 39.6 Å². The van der Waals surface area contributed by atoms with Gasteiger partial charge in [-0.25, -0.2) is 0 Å². The fraction of sp³-hybridized carbons (Fsp3) is 0.905. The van der Waals surface area contributed by atoms with Crippen LogP contribution in [0.1, 0.15) is 54.4 Å². The van der Waals surface area contributed by atoms with Gasteiger partial charge in [0.1, 0.15) is 0 Å². The van der Waals surface area contributed by atoms with Crippen LogP contribution >= 0.6 is 0 Å². The Bertz CT molecular complexity index is 351. The van der Waals surface area contributed by atoms with Crippen molar-refractivity contribution >= 4 is 17.6 Å². The maximum absolute atomic E-state index is 6.00. The summed E-state index contributed by atoms with van der Waals surface area (Å²) < 4.78 is 36.0. The summed E-state index contributed by atoms with van der Waals surface area (Å²) in [6.45, 7) is 22.5. The molecule has 0 bridgehead atoms. The molecule has 0 aliphatic rings. The zero-order chi connectivity index (χ0) is 22.7. The van der Waals surface area contributed by atoms with Crippen LogP contribution in [0, 0.1) is 0 Å². The summed E-state index contributed by atoms with van der Waals surface area (Å²) >= 11 is 0. The molecule has 0 atom stereocenters. The fourth-order valence-electron chi connectivity index (χ4n) is 3.92. The minimum absolute atomic E-state index is 0.626. The standard InChI is InChI=1S/C21H49NO6Si2/c1-8-17-22(18-15-20-29(23-9-2,24-10-3)25-11-4)19-16-21-30(26-12-5,27-13-6)28-14-7/h8,29-30H,1,9-21H2,2-7H3/q-2. The molecule has 0 aliphatic heterocycles. The van der Waals surface area contributed by atoms with Crippen LogP contribution in [0.4, 0.5) is 0 Å². The van der Waals surface area contributed by atoms with Crippen molar-refractivity contribution in [2.75, 3.05) is 59.3 Å². The van der Waals surface area contributed by atoms with E-state index in [9.17, 15) is 0 Å². The maximum atomic E-state index is 6.00. The first-order valence-corrected chi connectivity index (χ1v) is 16.4. The molecule has 0 aromatic heterocycles. The van der Waals surface area contributed by atoms with Crippen LogP contribution in [0.3, 0.4) is 0 Å². The van der Waals surface area contributed by atoms with Gasteiger partial charge in [0.25, 0.3) is 0 Å². The quantitative estimate of drug-likeness (QED) is 0.177. The van der Waals surface area contributed by atoms with Gasteiger partial charge in [0.05, 0.1) is 0 Å². The van der Waals surface area contributed by atoms with Crippen molar-refractivity contribution < 1.29 is 26.6 Å². The first-order chi connectivity index (χ1) is 14.5. The van der Waals surface area contributed by atoms with Crippen LogP contribution in [-0.2, 0) is 26.6 Å². The molecule has 0 saturated carbocycles. The molecule has 0 saturated heterocycles. The second-order valence-electron chi connectivity index (χ2n) is 7.18. The molecule has 0 rings (SSSR count). The monoisotopic (exact) mass is 467 g/mol. The second-order valence-corrected chi connectivity index (χ2v) is 13.5. The molecule has 0 aromatic carbocycles. The third-order valence-corrected chi connectivity index (χ3v) is 12.3. The van der Waals surface area contributed by atoms with Crippen molar-refractivity contribution in [3.8, 4) is 0 Å². The van der Waals surface area contributed by atoms with Crippen molar-refractivity contribution in [3.63, 3.8) is 0 Å². The van der Waals surface area contributed by atoms with E-state index in [1.807, 2.05) is 47.6 Å². The molecule has 0 heterocycles. The average Bonchev–Trinajstić information content (AvgIpc) is 2.69. The molecule has 30 heavy (non-hydrogen) atoms. The Morgan fingerprint density at radius 2 is 0.900 bits per heavy atom. The van der Waals surface area contributed by atoms with Crippen molar-refractivity contribution in [3.05, 3.63) is 12.7 Å². The van der Waals surface area contributed by atoms with Crippen LogP contribution in [-0.4, -0.2) is 81.8 Å². The van der Waals surface area contributed by atoms with E-state index < -0.39 is 17.6 Å². The second kappa shape index (κ2) is 18.5. The Morgan fingerprint density at radius 3 is 1.13 bits per heavy atom. The molecule has 0 aliphatic carbocycles. The molecule has 0 N–H and O–H groups in total. The summed E-state index contributed by atoms with van der Waals surface area (Å²) in [5.74, 6) is 0. The van der Waals surface area contributed by atoms with E-state index in [2.05, 4.69) is 11.5 Å². The van der Waals surface area contributed by atoms with E-state index in [-0.39, 0.29) is 0 Å². The SMILES string of the molecule is C=CCN(CCC[SiH-](OCC)(OCC)OCC)CCC[SiH-](OCC)(OCC)OCC. The Kier molecular flexibility index (Phi) is 18.4. The topological polar surface area (TPSA) is 58.6 Å². The first-order valence-electron chi connectivity index (χ1n) is 12.0. The van der Waals surface area contributed by atoms with Gasteiger partial charge in [-0.1, -0.05) is 0 Å². The van der Waals surface area contributed by atoms with E-state index in [1.54, 1.807) is 0 Å². The van der Waals surface area contributed by atoms with E-state index >= 15 is 0 Å². The summed E-state index contributed by atoms with van der Waals surface area (Å²) in [4.78, 5) is 2.41. The van der Waals surface area contributed by atoms with Crippen molar-refractivity contribution in [1.29, 1.82) is 0 Å². The molecule has 0 fully saturated rings. The summed E-state index contributed by atoms with van der Waals surface area (Å²) in [6, 6.07) is 1.71. The third-order valence-electron chi connectivity index (χ3n) is 4.97. The van der Waals surface area contributed by atoms with Gasteiger partial charge in [-0.15, -0.1) is 0 Å². The van der Waals surface area contributed by atoms with E-state index in [0.717, 1.165) is 44.6 Å². The molecule has 184 valence electrons. The van der Waals surface area contributed by atoms with Crippen molar-refractivity contribution in [2.24, 2.45) is 0 Å². The number of nitrogens with zero attached hydrogens (tertiary/aromatic N) is 1. The van der Waals surface area contributed by atoms with Crippen LogP contribution < -0.4 is 0 Å². The molecular weight excluding hydrogens is 418 g/mol. The summed E-state index contributed by atoms with van der Waals surface area (Å²) in [5, 5.41) is 0. The average molecular weight is 468 g/mol. The van der Waals surface area contributed by atoms with E-state index in [4.69, 9.17) is 26.6 Å². The van der Waals surface area contributed by atoms with Crippen LogP contribution in [0.15, 0.2) is 12.7 Å². The fourth-order valence-corrected chi connectivity index (χ4v) is 9.91. The predicted octanol–water partition coefficient (Wildman–Crippen LogP) is 3.82. The van der Waals surface area contributed by atoms with Crippen LogP contribution in [0.2, 0.25) is 12.1 Å². The predicted molar refractivity (Wildman–Crippen MR) is 130 cm³/mol. The van der Waals surface area contributed by atoms with Crippen molar-refractivity contribution in [1.82, 2.24) is 4.90 Å². The van der Waals surface area contributed by atoms with Gasteiger partial charge in [0, 0.05) is 0 Å². The number of hydrogen-bond acceptors (Lipinski definition) is 7. The minimum atomic E-state index is -2.91. The van der Waals surface area contributed by atoms with Crippen LogP contribution in [0.5, 0.6) is 0 Å². The number of rotatable bonds is 22. The zero-order valence-corrected chi connectivity index (χ0v) is 22.8. The molecule has 7 nitrogen and oxygen atoms in total. The zero-order valence-electron chi connectivity index (χ0n) is 20.5. The Labute approximate surface area is 187 Å². The van der Waals surface area contributed by atoms with Gasteiger partial charge in [-0.2, -0.15) is 0 Å². The molecule has 0 amide bonds. The molecule has 9 heteroatoms. The summed E-state index contributed by atoms with van der Waals surface area (Å²) in [7, 11) is -5.82. The van der Waals surface area contributed by atoms with Gasteiger partial charge in [0.15, 0.2) is 0 Å². The van der Waals surface area contributed by atoms with E-state index in [1.165, 1.54) is 0 Å². The summed E-state index contributed by atoms with van der Waals surface area (Å²) in [6.07, 6.45) is 3.92. The molecule has 0 spiro atoms. The Morgan fingerprint density at radius 1 is 0.600 bits per heavy atom. The molecule has 0 unspecified atom stereocenters. The first kappa shape index (κ1) is 29.9. The van der Waals surface area contributed by atoms with Crippen LogP contribution in [0.25, 0.3) is 0 Å². The normalized spacial score (nSPS) is 13.7. The van der Waals surface area contributed by atoms with Gasteiger partial charge < -0.3 is 0 Å². The number of hydrogen-bond donors (Lipinski definition) is 0. The third kappa shape index (κ3) is 12.1. The Balaban J connectivity index is 4.78. The van der Waals surface area contributed by atoms with Gasteiger partial charge >= 0.3 is 187 Å². The molecule has 0 radical (unpaired) electrons. The summed E-state index contributed by atoms with van der Waals surface area (Å²) in [5.41, 5.74) is 0. The Hall–Kier alpha value is -0.106. The molecule has 0 aromatic rings. The van der Waals surface area contributed by atoms with Crippen molar-refractivity contribution in [2.45, 2.75) is 66.5 Å². The van der Waals surface area contributed by atoms with Gasteiger partial charge in [0.2, 0.25) is 0 Å². The van der Waals surface area contributed by atoms with Gasteiger partial charge in [-0.3, -0.25) is 0 Å².